The first-order valence-corrected chi connectivity index (χ1v) is 7.61. The summed E-state index contributed by atoms with van der Waals surface area (Å²) >= 11 is 0. The highest BCUT2D eigenvalue weighted by Crippen LogP contribution is 2.15. The highest BCUT2D eigenvalue weighted by molar-refractivity contribution is 7.84. The fourth-order valence-electron chi connectivity index (χ4n) is 1.95. The van der Waals surface area contributed by atoms with Crippen molar-refractivity contribution in [3.05, 3.63) is 0 Å². The minimum atomic E-state index is -1.05. The van der Waals surface area contributed by atoms with Gasteiger partial charge >= 0.3 is 6.09 Å². The van der Waals surface area contributed by atoms with Crippen LogP contribution in [0.4, 0.5) is 4.79 Å². The molecule has 0 saturated carbocycles. The van der Waals surface area contributed by atoms with Gasteiger partial charge in [0, 0.05) is 19.1 Å². The molecule has 1 aliphatic rings. The zero-order valence-corrected chi connectivity index (χ0v) is 12.3. The number of rotatable bonds is 2. The van der Waals surface area contributed by atoms with E-state index in [1.54, 1.807) is 0 Å². The van der Waals surface area contributed by atoms with Gasteiger partial charge in [0.15, 0.2) is 0 Å². The highest BCUT2D eigenvalue weighted by Gasteiger charge is 2.24. The summed E-state index contributed by atoms with van der Waals surface area (Å²) in [6.45, 7) is 7.01. The zero-order chi connectivity index (χ0) is 13.8. The van der Waals surface area contributed by atoms with Crippen LogP contribution in [-0.2, 0) is 11.0 Å². The smallest absolute Gasteiger partial charge is 0.407 e. The molecule has 1 rings (SSSR count). The van der Waals surface area contributed by atoms with Crippen molar-refractivity contribution >= 4 is 17.1 Å². The lowest BCUT2D eigenvalue weighted by molar-refractivity contribution is 0.139. The minimum Gasteiger partial charge on any atom is -0.465 e. The van der Waals surface area contributed by atoms with Crippen molar-refractivity contribution in [2.45, 2.75) is 57.2 Å². The number of carboxylic acid groups (broad SMARTS) is 1. The molecule has 1 aliphatic heterocycles. The maximum atomic E-state index is 12.0. The van der Waals surface area contributed by atoms with E-state index in [2.05, 4.69) is 4.72 Å². The van der Waals surface area contributed by atoms with Gasteiger partial charge in [-0.05, 0) is 46.5 Å². The Kier molecular flexibility index (Phi) is 5.59. The standard InChI is InChI=1S/C12H24N2O3S/c1-12(2,3)18(17)13-10-6-4-8-14(11(15)16)9-5-7-10/h10,13H,4-9H2,1-3H3,(H,15,16). The molecule has 0 bridgehead atoms. The highest BCUT2D eigenvalue weighted by atomic mass is 32.2. The SMILES string of the molecule is CC(C)(C)S(=O)NC1CCCN(C(=O)O)CCC1. The van der Waals surface area contributed by atoms with Gasteiger partial charge in [-0.3, -0.25) is 0 Å². The van der Waals surface area contributed by atoms with E-state index >= 15 is 0 Å². The molecule has 1 amide bonds. The Morgan fingerprint density at radius 2 is 1.78 bits per heavy atom. The quantitative estimate of drug-likeness (QED) is 0.810. The van der Waals surface area contributed by atoms with E-state index < -0.39 is 17.1 Å². The third-order valence-corrected chi connectivity index (χ3v) is 4.72. The van der Waals surface area contributed by atoms with Gasteiger partial charge in [-0.1, -0.05) is 0 Å². The van der Waals surface area contributed by atoms with E-state index in [-0.39, 0.29) is 10.8 Å². The van der Waals surface area contributed by atoms with Gasteiger partial charge < -0.3 is 10.0 Å². The Balaban J connectivity index is 2.43. The number of hydrogen-bond acceptors (Lipinski definition) is 2. The molecule has 2 N–H and O–H groups in total. The van der Waals surface area contributed by atoms with Gasteiger partial charge in [-0.2, -0.15) is 0 Å². The summed E-state index contributed by atoms with van der Waals surface area (Å²) in [5.41, 5.74) is 0. The molecule has 1 atom stereocenters. The van der Waals surface area contributed by atoms with Gasteiger partial charge in [0.1, 0.15) is 0 Å². The molecule has 0 radical (unpaired) electrons. The normalized spacial score (nSPS) is 21.2. The predicted molar refractivity (Wildman–Crippen MR) is 72.9 cm³/mol. The average Bonchev–Trinajstić information content (AvgIpc) is 2.19. The minimum absolute atomic E-state index is 0.237. The van der Waals surface area contributed by atoms with E-state index in [1.165, 1.54) is 4.90 Å². The maximum Gasteiger partial charge on any atom is 0.407 e. The third-order valence-electron chi connectivity index (χ3n) is 3.06. The van der Waals surface area contributed by atoms with Crippen LogP contribution in [0.5, 0.6) is 0 Å². The summed E-state index contributed by atoms with van der Waals surface area (Å²) in [6, 6.07) is 0.237. The second-order valence-electron chi connectivity index (χ2n) is 5.75. The monoisotopic (exact) mass is 276 g/mol. The first-order valence-electron chi connectivity index (χ1n) is 6.46. The van der Waals surface area contributed by atoms with Crippen LogP contribution >= 0.6 is 0 Å². The van der Waals surface area contributed by atoms with Crippen LogP contribution < -0.4 is 4.72 Å². The topological polar surface area (TPSA) is 69.6 Å². The summed E-state index contributed by atoms with van der Waals surface area (Å²) in [5.74, 6) is 0. The fraction of sp³-hybridized carbons (Fsp3) is 0.917. The van der Waals surface area contributed by atoms with Crippen molar-refractivity contribution in [1.82, 2.24) is 9.62 Å². The molecule has 0 spiro atoms. The van der Waals surface area contributed by atoms with Crippen LogP contribution in [0.3, 0.4) is 0 Å². The van der Waals surface area contributed by atoms with E-state index in [1.807, 2.05) is 20.8 Å². The molecule has 0 aromatic rings. The van der Waals surface area contributed by atoms with E-state index in [0.29, 0.717) is 13.1 Å². The van der Waals surface area contributed by atoms with Crippen molar-refractivity contribution < 1.29 is 14.1 Å². The average molecular weight is 276 g/mol. The number of nitrogens with zero attached hydrogens (tertiary/aromatic N) is 1. The Bertz CT molecular complexity index is 305. The van der Waals surface area contributed by atoms with Gasteiger partial charge in [0.2, 0.25) is 0 Å². The largest absolute Gasteiger partial charge is 0.465 e. The first-order chi connectivity index (χ1) is 8.30. The fourth-order valence-corrected chi connectivity index (χ4v) is 2.84. The maximum absolute atomic E-state index is 12.0. The van der Waals surface area contributed by atoms with E-state index in [0.717, 1.165) is 25.7 Å². The number of nitrogens with one attached hydrogen (secondary N) is 1. The van der Waals surface area contributed by atoms with Crippen LogP contribution in [0.15, 0.2) is 0 Å². The summed E-state index contributed by atoms with van der Waals surface area (Å²) in [4.78, 5) is 12.3. The molecular weight excluding hydrogens is 252 g/mol. The van der Waals surface area contributed by atoms with Crippen LogP contribution in [-0.4, -0.2) is 44.2 Å². The zero-order valence-electron chi connectivity index (χ0n) is 11.4. The van der Waals surface area contributed by atoms with Crippen LogP contribution in [0.2, 0.25) is 0 Å². The van der Waals surface area contributed by atoms with Crippen molar-refractivity contribution in [2.24, 2.45) is 0 Å². The molecule has 18 heavy (non-hydrogen) atoms. The molecule has 1 fully saturated rings. The van der Waals surface area contributed by atoms with Crippen LogP contribution in [0.1, 0.15) is 46.5 Å². The lowest BCUT2D eigenvalue weighted by atomic mass is 10.0. The number of hydrogen-bond donors (Lipinski definition) is 2. The number of carbonyl (C=O) groups is 1. The Hall–Kier alpha value is -0.620. The summed E-state index contributed by atoms with van der Waals surface area (Å²) in [6.07, 6.45) is 2.58. The molecule has 1 heterocycles. The van der Waals surface area contributed by atoms with E-state index in [4.69, 9.17) is 5.11 Å². The Morgan fingerprint density at radius 3 is 2.17 bits per heavy atom. The van der Waals surface area contributed by atoms with Crippen molar-refractivity contribution in [3.8, 4) is 0 Å². The van der Waals surface area contributed by atoms with Crippen molar-refractivity contribution in [3.63, 3.8) is 0 Å². The molecule has 6 heteroatoms. The molecule has 5 nitrogen and oxygen atoms in total. The molecular formula is C12H24N2O3S. The lowest BCUT2D eigenvalue weighted by Crippen LogP contribution is -2.42. The van der Waals surface area contributed by atoms with Crippen LogP contribution in [0, 0.1) is 0 Å². The summed E-state index contributed by atoms with van der Waals surface area (Å²) < 4.78 is 14.9. The molecule has 0 aromatic heterocycles. The molecule has 1 unspecified atom stereocenters. The Morgan fingerprint density at radius 1 is 1.28 bits per heavy atom. The lowest BCUT2D eigenvalue weighted by Gasteiger charge is -2.28. The molecule has 1 saturated heterocycles. The molecule has 106 valence electrons. The van der Waals surface area contributed by atoms with Crippen molar-refractivity contribution in [2.75, 3.05) is 13.1 Å². The molecule has 0 aliphatic carbocycles. The van der Waals surface area contributed by atoms with Gasteiger partial charge in [0.05, 0.1) is 15.7 Å². The van der Waals surface area contributed by atoms with E-state index in [9.17, 15) is 9.00 Å². The number of likely N-dealkylation sites (tertiary alicyclic amines) is 1. The third kappa shape index (κ3) is 4.94. The number of amides is 1. The second-order valence-corrected chi connectivity index (χ2v) is 7.75. The summed E-state index contributed by atoms with van der Waals surface area (Å²) in [7, 11) is -1.05. The Labute approximate surface area is 112 Å². The summed E-state index contributed by atoms with van der Waals surface area (Å²) in [5, 5.41) is 8.93. The molecule has 0 aromatic carbocycles. The van der Waals surface area contributed by atoms with Crippen molar-refractivity contribution in [1.29, 1.82) is 0 Å². The predicted octanol–water partition coefficient (Wildman–Crippen LogP) is 1.96. The van der Waals surface area contributed by atoms with Gasteiger partial charge in [-0.25, -0.2) is 13.7 Å². The first kappa shape index (κ1) is 15.4. The second kappa shape index (κ2) is 6.52. The van der Waals surface area contributed by atoms with Crippen LogP contribution in [0.25, 0.3) is 0 Å². The van der Waals surface area contributed by atoms with Gasteiger partial charge in [0.25, 0.3) is 0 Å². The van der Waals surface area contributed by atoms with Gasteiger partial charge in [-0.15, -0.1) is 0 Å².